The molecule has 5 rings (SSSR count). The van der Waals surface area contributed by atoms with Gasteiger partial charge in [-0.3, -0.25) is 19.4 Å². The van der Waals surface area contributed by atoms with Crippen LogP contribution in [0.15, 0.2) is 71.7 Å². The number of amides is 1. The van der Waals surface area contributed by atoms with Gasteiger partial charge in [0.1, 0.15) is 5.78 Å². The zero-order valence-electron chi connectivity index (χ0n) is 22.8. The fourth-order valence-corrected chi connectivity index (χ4v) is 5.77. The van der Waals surface area contributed by atoms with E-state index in [9.17, 15) is 19.5 Å². The molecular weight excluding hydrogens is 508 g/mol. The maximum absolute atomic E-state index is 14.1. The maximum atomic E-state index is 14.1. The van der Waals surface area contributed by atoms with Gasteiger partial charge in [0.05, 0.1) is 44.0 Å². The second-order valence-corrected chi connectivity index (χ2v) is 10.3. The fourth-order valence-electron chi connectivity index (χ4n) is 5.77. The van der Waals surface area contributed by atoms with Gasteiger partial charge in [-0.25, -0.2) is 0 Å². The first kappa shape index (κ1) is 27.1. The van der Waals surface area contributed by atoms with E-state index in [2.05, 4.69) is 0 Å². The Bertz CT molecular complexity index is 1480. The number of anilines is 1. The first-order chi connectivity index (χ1) is 19.3. The predicted molar refractivity (Wildman–Crippen MR) is 152 cm³/mol. The molecule has 1 amide bonds. The molecular formula is C32H32N2O6. The highest BCUT2D eigenvalue weighted by atomic mass is 16.5. The van der Waals surface area contributed by atoms with Gasteiger partial charge in [0.15, 0.2) is 11.5 Å². The lowest BCUT2D eigenvalue weighted by Crippen LogP contribution is -2.45. The Morgan fingerprint density at radius 2 is 1.62 bits per heavy atom. The molecule has 1 fully saturated rings. The predicted octanol–water partition coefficient (Wildman–Crippen LogP) is 5.80. The van der Waals surface area contributed by atoms with Crippen molar-refractivity contribution in [1.29, 1.82) is 0 Å². The number of hydrogen-bond acceptors (Lipinski definition) is 6. The number of benzene rings is 3. The van der Waals surface area contributed by atoms with E-state index in [1.165, 1.54) is 0 Å². The van der Waals surface area contributed by atoms with Crippen molar-refractivity contribution in [1.82, 2.24) is 0 Å². The van der Waals surface area contributed by atoms with Crippen molar-refractivity contribution in [2.45, 2.75) is 44.6 Å². The number of ether oxygens (including phenoxy) is 2. The molecule has 2 aliphatic rings. The first-order valence-corrected chi connectivity index (χ1v) is 13.3. The van der Waals surface area contributed by atoms with Gasteiger partial charge in [0, 0.05) is 18.6 Å². The number of methoxy groups -OCH3 is 2. The number of aliphatic carboxylic acids is 1. The smallest absolute Gasteiger partial charge is 0.303 e. The van der Waals surface area contributed by atoms with Gasteiger partial charge >= 0.3 is 5.97 Å². The molecule has 0 spiro atoms. The van der Waals surface area contributed by atoms with Crippen molar-refractivity contribution in [3.05, 3.63) is 83.4 Å². The Labute approximate surface area is 233 Å². The van der Waals surface area contributed by atoms with Gasteiger partial charge in [-0.2, -0.15) is 0 Å². The number of ketones is 1. The third kappa shape index (κ3) is 5.21. The summed E-state index contributed by atoms with van der Waals surface area (Å²) in [6, 6.07) is 20.2. The number of rotatable bonds is 7. The van der Waals surface area contributed by atoms with Crippen LogP contribution in [0, 0.1) is 12.8 Å². The third-order valence-corrected chi connectivity index (χ3v) is 7.73. The van der Waals surface area contributed by atoms with Gasteiger partial charge in [-0.1, -0.05) is 48.0 Å². The number of aliphatic imine (C=N–C) groups is 1. The molecule has 0 bridgehead atoms. The fraction of sp³-hybridized carbons (Fsp3) is 0.312. The number of carboxylic acid groups (broad SMARTS) is 1. The Morgan fingerprint density at radius 3 is 2.33 bits per heavy atom. The number of Topliss-reactive ketones (excluding diaryl/α,β-unsaturated/α-hetero) is 1. The SMILES string of the molecule is COc1ccc(C2CC(=O)C3C(=Nc4ccccc4N(C(=O)CCC(=O)O)C3c3ccc(C)cc3)C2)cc1OC. The number of carboxylic acids is 1. The molecule has 0 aromatic heterocycles. The normalized spacial score (nSPS) is 20.1. The molecule has 8 heteroatoms. The van der Waals surface area contributed by atoms with Crippen molar-refractivity contribution in [2.75, 3.05) is 19.1 Å². The lowest BCUT2D eigenvalue weighted by Gasteiger charge is -2.39. The first-order valence-electron chi connectivity index (χ1n) is 13.3. The van der Waals surface area contributed by atoms with E-state index in [4.69, 9.17) is 14.5 Å². The molecule has 1 saturated carbocycles. The molecule has 1 aliphatic heterocycles. The summed E-state index contributed by atoms with van der Waals surface area (Å²) in [6.45, 7) is 1.98. The lowest BCUT2D eigenvalue weighted by molar-refractivity contribution is -0.138. The van der Waals surface area contributed by atoms with E-state index >= 15 is 0 Å². The number of fused-ring (bicyclic) bond motifs is 2. The van der Waals surface area contributed by atoms with E-state index in [0.29, 0.717) is 35.0 Å². The topological polar surface area (TPSA) is 106 Å². The summed E-state index contributed by atoms with van der Waals surface area (Å²) in [5.41, 5.74) is 4.68. The van der Waals surface area contributed by atoms with E-state index in [0.717, 1.165) is 16.7 Å². The number of para-hydroxylation sites is 2. The summed E-state index contributed by atoms with van der Waals surface area (Å²) in [6.07, 6.45) is 0.317. The summed E-state index contributed by atoms with van der Waals surface area (Å²) in [4.78, 5) is 45.8. The minimum atomic E-state index is -1.05. The molecule has 1 heterocycles. The van der Waals surface area contributed by atoms with Crippen molar-refractivity contribution in [3.63, 3.8) is 0 Å². The van der Waals surface area contributed by atoms with Crippen LogP contribution in [0.5, 0.6) is 11.5 Å². The summed E-state index contributed by atoms with van der Waals surface area (Å²) < 4.78 is 10.9. The largest absolute Gasteiger partial charge is 0.493 e. The highest BCUT2D eigenvalue weighted by molar-refractivity contribution is 6.13. The number of hydrogen-bond donors (Lipinski definition) is 1. The Morgan fingerprint density at radius 1 is 0.925 bits per heavy atom. The summed E-state index contributed by atoms with van der Waals surface area (Å²) in [7, 11) is 3.16. The molecule has 206 valence electrons. The van der Waals surface area contributed by atoms with E-state index in [-0.39, 0.29) is 36.9 Å². The van der Waals surface area contributed by atoms with Crippen LogP contribution in [-0.2, 0) is 14.4 Å². The van der Waals surface area contributed by atoms with Crippen molar-refractivity contribution in [2.24, 2.45) is 10.9 Å². The van der Waals surface area contributed by atoms with Crippen LogP contribution in [-0.4, -0.2) is 42.7 Å². The lowest BCUT2D eigenvalue weighted by atomic mass is 9.72. The Hall–Kier alpha value is -4.46. The number of nitrogens with zero attached hydrogens (tertiary/aromatic N) is 2. The molecule has 3 unspecified atom stereocenters. The number of carbonyl (C=O) groups is 3. The molecule has 3 aromatic rings. The van der Waals surface area contributed by atoms with Crippen molar-refractivity contribution in [3.8, 4) is 11.5 Å². The molecule has 1 aliphatic carbocycles. The summed E-state index contributed by atoms with van der Waals surface area (Å²) in [5.74, 6) is -1.00. The minimum absolute atomic E-state index is 0.0146. The Balaban J connectivity index is 1.63. The molecule has 3 aromatic carbocycles. The monoisotopic (exact) mass is 540 g/mol. The molecule has 8 nitrogen and oxygen atoms in total. The molecule has 0 radical (unpaired) electrons. The molecule has 3 atom stereocenters. The highest BCUT2D eigenvalue weighted by Gasteiger charge is 2.46. The second kappa shape index (κ2) is 11.3. The van der Waals surface area contributed by atoms with Crippen LogP contribution in [0.3, 0.4) is 0 Å². The van der Waals surface area contributed by atoms with Crippen LogP contribution < -0.4 is 14.4 Å². The van der Waals surface area contributed by atoms with Gasteiger partial charge in [0.25, 0.3) is 0 Å². The molecule has 1 N–H and O–H groups in total. The summed E-state index contributed by atoms with van der Waals surface area (Å²) in [5, 5.41) is 9.30. The third-order valence-electron chi connectivity index (χ3n) is 7.73. The zero-order chi connectivity index (χ0) is 28.4. The summed E-state index contributed by atoms with van der Waals surface area (Å²) >= 11 is 0. The van der Waals surface area contributed by atoms with Crippen LogP contribution >= 0.6 is 0 Å². The average Bonchev–Trinajstić information content (AvgIpc) is 3.10. The number of carbonyl (C=O) groups excluding carboxylic acids is 2. The van der Waals surface area contributed by atoms with Crippen LogP contribution in [0.2, 0.25) is 0 Å². The standard InChI is InChI=1S/C32H32N2O6/c1-19-8-10-20(11-9-19)32-31-24(16-22(17-26(31)35)21-12-13-27(39-2)28(18-21)40-3)33-23-6-4-5-7-25(23)34(32)29(36)14-15-30(37)38/h4-13,18,22,31-32H,14-17H2,1-3H3,(H,37,38). The van der Waals surface area contributed by atoms with Crippen LogP contribution in [0.1, 0.15) is 54.3 Å². The van der Waals surface area contributed by atoms with E-state index < -0.39 is 17.9 Å². The van der Waals surface area contributed by atoms with E-state index in [1.807, 2.05) is 73.7 Å². The molecule has 0 saturated heterocycles. The van der Waals surface area contributed by atoms with E-state index in [1.54, 1.807) is 19.1 Å². The second-order valence-electron chi connectivity index (χ2n) is 10.3. The minimum Gasteiger partial charge on any atom is -0.493 e. The zero-order valence-corrected chi connectivity index (χ0v) is 22.8. The Kier molecular flexibility index (Phi) is 7.69. The van der Waals surface area contributed by atoms with Crippen LogP contribution in [0.25, 0.3) is 0 Å². The maximum Gasteiger partial charge on any atom is 0.303 e. The van der Waals surface area contributed by atoms with Gasteiger partial charge < -0.3 is 19.5 Å². The van der Waals surface area contributed by atoms with Gasteiger partial charge in [-0.05, 0) is 54.7 Å². The van der Waals surface area contributed by atoms with Crippen molar-refractivity contribution < 1.29 is 29.0 Å². The van der Waals surface area contributed by atoms with Gasteiger partial charge in [0.2, 0.25) is 5.91 Å². The van der Waals surface area contributed by atoms with Gasteiger partial charge in [-0.15, -0.1) is 0 Å². The number of aryl methyl sites for hydroxylation is 1. The van der Waals surface area contributed by atoms with Crippen molar-refractivity contribution >= 4 is 34.7 Å². The quantitative estimate of drug-likeness (QED) is 0.406. The average molecular weight is 541 g/mol. The highest BCUT2D eigenvalue weighted by Crippen LogP contribution is 2.48. The molecule has 40 heavy (non-hydrogen) atoms. The van der Waals surface area contributed by atoms with Crippen LogP contribution in [0.4, 0.5) is 11.4 Å².